The first kappa shape index (κ1) is 24.3. The standard InChI is InChI=1S/C22H22ClN3O6S/c1-5-31-22(29)18-13(3)17(21(28)30-4)20(33-18)24-19(27)15-8-9-26(25-15)11-32-16-7-6-14(23)10-12(16)2/h6-10H,5,11H2,1-4H3,(H,24,27). The lowest BCUT2D eigenvalue weighted by atomic mass is 10.1. The Morgan fingerprint density at radius 1 is 1.18 bits per heavy atom. The average molecular weight is 492 g/mol. The van der Waals surface area contributed by atoms with Crippen LogP contribution in [0.25, 0.3) is 0 Å². The lowest BCUT2D eigenvalue weighted by Gasteiger charge is -2.09. The molecule has 0 saturated carbocycles. The molecule has 2 heterocycles. The number of carbonyl (C=O) groups excluding carboxylic acids is 3. The Morgan fingerprint density at radius 3 is 2.61 bits per heavy atom. The molecule has 1 N–H and O–H groups in total. The molecule has 0 aliphatic heterocycles. The molecule has 33 heavy (non-hydrogen) atoms. The second-order valence-corrected chi connectivity index (χ2v) is 8.31. The summed E-state index contributed by atoms with van der Waals surface area (Å²) in [6.07, 6.45) is 1.59. The van der Waals surface area contributed by atoms with Crippen LogP contribution in [0.1, 0.15) is 48.6 Å². The summed E-state index contributed by atoms with van der Waals surface area (Å²) in [5.74, 6) is -1.17. The first-order chi connectivity index (χ1) is 15.7. The Hall–Kier alpha value is -3.37. The molecule has 0 atom stereocenters. The summed E-state index contributed by atoms with van der Waals surface area (Å²) in [4.78, 5) is 37.5. The highest BCUT2D eigenvalue weighted by atomic mass is 35.5. The van der Waals surface area contributed by atoms with Crippen molar-refractivity contribution in [1.82, 2.24) is 9.78 Å². The van der Waals surface area contributed by atoms with Crippen LogP contribution >= 0.6 is 22.9 Å². The van der Waals surface area contributed by atoms with Gasteiger partial charge >= 0.3 is 11.9 Å². The number of carbonyl (C=O) groups is 3. The molecule has 9 nitrogen and oxygen atoms in total. The van der Waals surface area contributed by atoms with E-state index in [1.54, 1.807) is 38.2 Å². The third-order valence-electron chi connectivity index (χ3n) is 4.59. The number of anilines is 1. The van der Waals surface area contributed by atoms with E-state index in [0.717, 1.165) is 16.9 Å². The van der Waals surface area contributed by atoms with E-state index in [0.29, 0.717) is 16.3 Å². The number of hydrogen-bond donors (Lipinski definition) is 1. The molecule has 0 radical (unpaired) electrons. The van der Waals surface area contributed by atoms with Crippen molar-refractivity contribution in [3.63, 3.8) is 0 Å². The molecule has 0 unspecified atom stereocenters. The molecule has 0 aliphatic rings. The van der Waals surface area contributed by atoms with Crippen molar-refractivity contribution in [3.05, 3.63) is 62.7 Å². The van der Waals surface area contributed by atoms with Gasteiger partial charge in [0.05, 0.1) is 19.3 Å². The van der Waals surface area contributed by atoms with Gasteiger partial charge in [0.15, 0.2) is 12.4 Å². The number of aryl methyl sites for hydroxylation is 1. The lowest BCUT2D eigenvalue weighted by Crippen LogP contribution is -2.16. The zero-order valence-electron chi connectivity index (χ0n) is 18.4. The van der Waals surface area contributed by atoms with Crippen molar-refractivity contribution in [2.45, 2.75) is 27.5 Å². The Bertz CT molecular complexity index is 1200. The van der Waals surface area contributed by atoms with Crippen LogP contribution in [-0.4, -0.2) is 41.3 Å². The van der Waals surface area contributed by atoms with Gasteiger partial charge in [-0.25, -0.2) is 14.3 Å². The highest BCUT2D eigenvalue weighted by Gasteiger charge is 2.27. The largest absolute Gasteiger partial charge is 0.471 e. The van der Waals surface area contributed by atoms with E-state index in [9.17, 15) is 14.4 Å². The molecule has 0 saturated heterocycles. The normalized spacial score (nSPS) is 10.6. The molecule has 2 aromatic heterocycles. The van der Waals surface area contributed by atoms with Crippen molar-refractivity contribution in [1.29, 1.82) is 0 Å². The number of esters is 2. The van der Waals surface area contributed by atoms with Crippen molar-refractivity contribution >= 4 is 45.8 Å². The smallest absolute Gasteiger partial charge is 0.348 e. The van der Waals surface area contributed by atoms with Crippen LogP contribution in [0, 0.1) is 13.8 Å². The van der Waals surface area contributed by atoms with E-state index >= 15 is 0 Å². The summed E-state index contributed by atoms with van der Waals surface area (Å²) in [6.45, 7) is 5.40. The first-order valence-corrected chi connectivity index (χ1v) is 11.1. The topological polar surface area (TPSA) is 109 Å². The van der Waals surface area contributed by atoms with Gasteiger partial charge in [0, 0.05) is 11.2 Å². The van der Waals surface area contributed by atoms with E-state index in [1.165, 1.54) is 17.9 Å². The number of aromatic nitrogens is 2. The molecule has 174 valence electrons. The van der Waals surface area contributed by atoms with Crippen molar-refractivity contribution in [3.8, 4) is 5.75 Å². The number of benzene rings is 1. The molecule has 3 rings (SSSR count). The van der Waals surface area contributed by atoms with Crippen molar-refractivity contribution in [2.24, 2.45) is 0 Å². The summed E-state index contributed by atoms with van der Waals surface area (Å²) < 4.78 is 17.0. The van der Waals surface area contributed by atoms with Gasteiger partial charge in [0.1, 0.15) is 15.6 Å². The molecule has 0 fully saturated rings. The van der Waals surface area contributed by atoms with Gasteiger partial charge < -0.3 is 19.5 Å². The van der Waals surface area contributed by atoms with Crippen LogP contribution < -0.4 is 10.1 Å². The molecule has 0 spiro atoms. The second-order valence-electron chi connectivity index (χ2n) is 6.85. The average Bonchev–Trinajstić information content (AvgIpc) is 3.37. The minimum Gasteiger partial charge on any atom is -0.471 e. The SMILES string of the molecule is CCOC(=O)c1sc(NC(=O)c2ccn(COc3ccc(Cl)cc3C)n2)c(C(=O)OC)c1C. The zero-order chi connectivity index (χ0) is 24.1. The molecule has 1 aromatic carbocycles. The minimum absolute atomic E-state index is 0.0777. The van der Waals surface area contributed by atoms with Gasteiger partial charge in [-0.2, -0.15) is 5.10 Å². The van der Waals surface area contributed by atoms with E-state index in [1.807, 2.05) is 6.92 Å². The number of hydrogen-bond acceptors (Lipinski definition) is 8. The lowest BCUT2D eigenvalue weighted by molar-refractivity contribution is 0.0531. The minimum atomic E-state index is -0.674. The number of ether oxygens (including phenoxy) is 3. The summed E-state index contributed by atoms with van der Waals surface area (Å²) in [6, 6.07) is 6.77. The number of thiophene rings is 1. The third kappa shape index (κ3) is 5.52. The summed E-state index contributed by atoms with van der Waals surface area (Å²) in [5.41, 5.74) is 1.44. The molecule has 1 amide bonds. The van der Waals surface area contributed by atoms with Crippen LogP contribution in [0.4, 0.5) is 5.00 Å². The van der Waals surface area contributed by atoms with Crippen molar-refractivity contribution < 1.29 is 28.6 Å². The summed E-state index contributed by atoms with van der Waals surface area (Å²) >= 11 is 6.89. The molecule has 0 bridgehead atoms. The molecule has 3 aromatic rings. The van der Waals surface area contributed by atoms with E-state index < -0.39 is 17.8 Å². The zero-order valence-corrected chi connectivity index (χ0v) is 20.0. The Morgan fingerprint density at radius 2 is 1.94 bits per heavy atom. The fourth-order valence-corrected chi connectivity index (χ4v) is 4.28. The number of halogens is 1. The number of nitrogens with one attached hydrogen (secondary N) is 1. The van der Waals surface area contributed by atoms with Gasteiger partial charge in [0.2, 0.25) is 0 Å². The predicted molar refractivity (Wildman–Crippen MR) is 123 cm³/mol. The van der Waals surface area contributed by atoms with Gasteiger partial charge in [0.25, 0.3) is 5.91 Å². The number of methoxy groups -OCH3 is 1. The fourth-order valence-electron chi connectivity index (χ4n) is 2.97. The maximum Gasteiger partial charge on any atom is 0.348 e. The van der Waals surface area contributed by atoms with Crippen LogP contribution in [-0.2, 0) is 16.2 Å². The first-order valence-electron chi connectivity index (χ1n) is 9.87. The highest BCUT2D eigenvalue weighted by Crippen LogP contribution is 2.34. The van der Waals surface area contributed by atoms with E-state index in [4.69, 9.17) is 25.8 Å². The summed E-state index contributed by atoms with van der Waals surface area (Å²) in [5, 5.41) is 7.64. The van der Waals surface area contributed by atoms with Crippen LogP contribution in [0.2, 0.25) is 5.02 Å². The fraction of sp³-hybridized carbons (Fsp3) is 0.273. The number of amides is 1. The molecule has 11 heteroatoms. The van der Waals surface area contributed by atoms with Crippen LogP contribution in [0.5, 0.6) is 5.75 Å². The molecular formula is C22H22ClN3O6S. The van der Waals surface area contributed by atoms with Gasteiger partial charge in [-0.3, -0.25) is 4.79 Å². The Balaban J connectivity index is 1.76. The number of rotatable bonds is 8. The maximum absolute atomic E-state index is 12.8. The quantitative estimate of drug-likeness (QED) is 0.463. The van der Waals surface area contributed by atoms with Gasteiger partial charge in [-0.05, 0) is 56.2 Å². The van der Waals surface area contributed by atoms with Crippen LogP contribution in [0.15, 0.2) is 30.5 Å². The third-order valence-corrected chi connectivity index (χ3v) is 6.01. The molecular weight excluding hydrogens is 470 g/mol. The van der Waals surface area contributed by atoms with Gasteiger partial charge in [-0.1, -0.05) is 11.6 Å². The van der Waals surface area contributed by atoms with Gasteiger partial charge in [-0.15, -0.1) is 11.3 Å². The number of nitrogens with zero attached hydrogens (tertiary/aromatic N) is 2. The Labute approximate surface area is 199 Å². The Kier molecular flexibility index (Phi) is 7.72. The monoisotopic (exact) mass is 491 g/mol. The molecule has 0 aliphatic carbocycles. The maximum atomic E-state index is 12.8. The predicted octanol–water partition coefficient (Wildman–Crippen LogP) is 4.47. The highest BCUT2D eigenvalue weighted by molar-refractivity contribution is 7.18. The summed E-state index contributed by atoms with van der Waals surface area (Å²) in [7, 11) is 1.22. The van der Waals surface area contributed by atoms with Crippen molar-refractivity contribution in [2.75, 3.05) is 19.0 Å². The van der Waals surface area contributed by atoms with E-state index in [2.05, 4.69) is 10.4 Å². The second kappa shape index (κ2) is 10.5. The van der Waals surface area contributed by atoms with Crippen LogP contribution in [0.3, 0.4) is 0 Å². The van der Waals surface area contributed by atoms with E-state index in [-0.39, 0.29) is 34.5 Å².